The summed E-state index contributed by atoms with van der Waals surface area (Å²) in [6, 6.07) is -0.0311. The highest BCUT2D eigenvalue weighted by Crippen LogP contribution is 2.18. The summed E-state index contributed by atoms with van der Waals surface area (Å²) in [5, 5.41) is 13.2. The van der Waals surface area contributed by atoms with Crippen molar-refractivity contribution < 1.29 is 0 Å². The summed E-state index contributed by atoms with van der Waals surface area (Å²) in [7, 11) is 0. The van der Waals surface area contributed by atoms with Crippen LogP contribution in [-0.2, 0) is 6.42 Å². The summed E-state index contributed by atoms with van der Waals surface area (Å²) in [5.41, 5.74) is 5.71. The normalized spacial score (nSPS) is 13.8. The Kier molecular flexibility index (Phi) is 2.01. The van der Waals surface area contributed by atoms with E-state index >= 15 is 0 Å². The van der Waals surface area contributed by atoms with Crippen molar-refractivity contribution in [3.05, 3.63) is 10.8 Å². The lowest BCUT2D eigenvalue weighted by molar-refractivity contribution is 0.746. The van der Waals surface area contributed by atoms with Crippen molar-refractivity contribution in [3.63, 3.8) is 0 Å². The molecule has 0 saturated heterocycles. The Balaban J connectivity index is 2.56. The number of hydrogen-bond donors (Lipinski definition) is 1. The topological polar surface area (TPSA) is 69.1 Å². The minimum atomic E-state index is -0.0311. The van der Waals surface area contributed by atoms with Crippen LogP contribution >= 0.6 is 11.3 Å². The second kappa shape index (κ2) is 3.04. The number of nitrogens with two attached hydrogens (primary N) is 1. The molecular formula is C7H11N5S. The standard InChI is InChI=1S/C7H11N5S/c1-3-5-9-10-7-12(5)11-6(13-7)4(2)8/h4H,3,8H2,1-2H3. The number of aryl methyl sites for hydroxylation is 1. The molecule has 0 bridgehead atoms. The maximum Gasteiger partial charge on any atom is 0.234 e. The monoisotopic (exact) mass is 197 g/mol. The lowest BCUT2D eigenvalue weighted by Crippen LogP contribution is -2.05. The number of nitrogens with zero attached hydrogens (tertiary/aromatic N) is 4. The molecule has 2 aromatic heterocycles. The first-order valence-corrected chi connectivity index (χ1v) is 5.00. The summed E-state index contributed by atoms with van der Waals surface area (Å²) in [4.78, 5) is 0.823. The van der Waals surface area contributed by atoms with Crippen LogP contribution in [0.1, 0.15) is 30.7 Å². The van der Waals surface area contributed by atoms with Gasteiger partial charge >= 0.3 is 0 Å². The Labute approximate surface area is 79.6 Å². The highest BCUT2D eigenvalue weighted by molar-refractivity contribution is 7.16. The van der Waals surface area contributed by atoms with Gasteiger partial charge in [0.15, 0.2) is 5.82 Å². The molecule has 70 valence electrons. The zero-order valence-corrected chi connectivity index (χ0v) is 8.38. The molecule has 0 aliphatic heterocycles. The smallest absolute Gasteiger partial charge is 0.234 e. The fraction of sp³-hybridized carbons (Fsp3) is 0.571. The van der Waals surface area contributed by atoms with Crippen molar-refractivity contribution in [3.8, 4) is 0 Å². The molecule has 0 spiro atoms. The third-order valence-corrected chi connectivity index (χ3v) is 2.88. The molecular weight excluding hydrogens is 186 g/mol. The van der Waals surface area contributed by atoms with Crippen molar-refractivity contribution in [2.24, 2.45) is 5.73 Å². The van der Waals surface area contributed by atoms with Crippen LogP contribution in [0, 0.1) is 0 Å². The second-order valence-electron chi connectivity index (χ2n) is 2.89. The number of aromatic nitrogens is 4. The molecule has 0 amide bonds. The molecule has 1 unspecified atom stereocenters. The van der Waals surface area contributed by atoms with Crippen LogP contribution in [0.25, 0.3) is 4.96 Å². The Morgan fingerprint density at radius 2 is 2.31 bits per heavy atom. The van der Waals surface area contributed by atoms with Gasteiger partial charge in [-0.05, 0) is 6.92 Å². The van der Waals surface area contributed by atoms with Crippen LogP contribution in [0.15, 0.2) is 0 Å². The highest BCUT2D eigenvalue weighted by Gasteiger charge is 2.11. The van der Waals surface area contributed by atoms with Crippen LogP contribution in [-0.4, -0.2) is 19.8 Å². The molecule has 2 aromatic rings. The molecule has 2 rings (SSSR count). The third kappa shape index (κ3) is 1.31. The van der Waals surface area contributed by atoms with Gasteiger partial charge in [0, 0.05) is 6.42 Å². The summed E-state index contributed by atoms with van der Waals surface area (Å²) in [6.07, 6.45) is 0.837. The van der Waals surface area contributed by atoms with Gasteiger partial charge < -0.3 is 5.73 Å². The summed E-state index contributed by atoms with van der Waals surface area (Å²) in [6.45, 7) is 3.94. The van der Waals surface area contributed by atoms with Crippen LogP contribution < -0.4 is 5.73 Å². The van der Waals surface area contributed by atoms with Gasteiger partial charge in [-0.1, -0.05) is 18.3 Å². The van der Waals surface area contributed by atoms with Crippen LogP contribution in [0.2, 0.25) is 0 Å². The van der Waals surface area contributed by atoms with E-state index in [4.69, 9.17) is 5.73 Å². The average Bonchev–Trinajstić information content (AvgIpc) is 2.60. The van der Waals surface area contributed by atoms with E-state index in [1.54, 1.807) is 4.52 Å². The van der Waals surface area contributed by atoms with Gasteiger partial charge in [0.25, 0.3) is 0 Å². The SMILES string of the molecule is CCc1nnc2sc(C(C)N)nn12. The van der Waals surface area contributed by atoms with E-state index in [2.05, 4.69) is 15.3 Å². The second-order valence-corrected chi connectivity index (χ2v) is 3.88. The fourth-order valence-corrected chi connectivity index (χ4v) is 1.89. The van der Waals surface area contributed by atoms with Gasteiger partial charge in [0.1, 0.15) is 5.01 Å². The zero-order chi connectivity index (χ0) is 9.42. The number of hydrogen-bond acceptors (Lipinski definition) is 5. The first-order valence-electron chi connectivity index (χ1n) is 4.19. The van der Waals surface area contributed by atoms with Crippen molar-refractivity contribution in [1.82, 2.24) is 19.8 Å². The minimum Gasteiger partial charge on any atom is -0.322 e. The van der Waals surface area contributed by atoms with Gasteiger partial charge in [-0.25, -0.2) is 0 Å². The Morgan fingerprint density at radius 3 is 2.92 bits per heavy atom. The van der Waals surface area contributed by atoms with Crippen molar-refractivity contribution >= 4 is 16.3 Å². The molecule has 0 aliphatic carbocycles. The van der Waals surface area contributed by atoms with E-state index in [1.807, 2.05) is 13.8 Å². The molecule has 2 heterocycles. The van der Waals surface area contributed by atoms with Gasteiger partial charge in [-0.3, -0.25) is 0 Å². The maximum absolute atomic E-state index is 5.71. The lowest BCUT2D eigenvalue weighted by atomic mass is 10.4. The molecule has 2 N–H and O–H groups in total. The van der Waals surface area contributed by atoms with Gasteiger partial charge in [-0.15, -0.1) is 10.2 Å². The predicted molar refractivity (Wildman–Crippen MR) is 50.6 cm³/mol. The van der Waals surface area contributed by atoms with Crippen molar-refractivity contribution in [2.75, 3.05) is 0 Å². The summed E-state index contributed by atoms with van der Waals surface area (Å²) in [5.74, 6) is 0.887. The molecule has 0 radical (unpaired) electrons. The minimum absolute atomic E-state index is 0.0311. The van der Waals surface area contributed by atoms with Crippen molar-refractivity contribution in [2.45, 2.75) is 26.3 Å². The van der Waals surface area contributed by atoms with Crippen LogP contribution in [0.4, 0.5) is 0 Å². The largest absolute Gasteiger partial charge is 0.322 e. The zero-order valence-electron chi connectivity index (χ0n) is 7.56. The van der Waals surface area contributed by atoms with E-state index in [9.17, 15) is 0 Å². The van der Waals surface area contributed by atoms with Crippen molar-refractivity contribution in [1.29, 1.82) is 0 Å². The van der Waals surface area contributed by atoms with E-state index < -0.39 is 0 Å². The van der Waals surface area contributed by atoms with E-state index in [1.165, 1.54) is 11.3 Å². The van der Waals surface area contributed by atoms with E-state index in [0.717, 1.165) is 22.2 Å². The number of rotatable bonds is 2. The van der Waals surface area contributed by atoms with E-state index in [0.29, 0.717) is 0 Å². The summed E-state index contributed by atoms with van der Waals surface area (Å²) < 4.78 is 1.77. The van der Waals surface area contributed by atoms with E-state index in [-0.39, 0.29) is 6.04 Å². The molecule has 0 aliphatic rings. The van der Waals surface area contributed by atoms with Crippen LogP contribution in [0.5, 0.6) is 0 Å². The summed E-state index contributed by atoms with van der Waals surface area (Å²) >= 11 is 1.49. The predicted octanol–water partition coefficient (Wildman–Crippen LogP) is 0.768. The molecule has 0 fully saturated rings. The molecule has 13 heavy (non-hydrogen) atoms. The molecule has 1 atom stereocenters. The van der Waals surface area contributed by atoms with Crippen LogP contribution in [0.3, 0.4) is 0 Å². The highest BCUT2D eigenvalue weighted by atomic mass is 32.1. The quantitative estimate of drug-likeness (QED) is 0.772. The lowest BCUT2D eigenvalue weighted by Gasteiger charge is -1.95. The molecule has 0 saturated carbocycles. The average molecular weight is 197 g/mol. The van der Waals surface area contributed by atoms with Gasteiger partial charge in [0.05, 0.1) is 6.04 Å². The Morgan fingerprint density at radius 1 is 1.54 bits per heavy atom. The molecule has 5 nitrogen and oxygen atoms in total. The molecule has 6 heteroatoms. The maximum atomic E-state index is 5.71. The number of fused-ring (bicyclic) bond motifs is 1. The first-order chi connectivity index (χ1) is 6.22. The first kappa shape index (κ1) is 8.58. The molecule has 0 aromatic carbocycles. The van der Waals surface area contributed by atoms with Gasteiger partial charge in [0.2, 0.25) is 4.96 Å². The van der Waals surface area contributed by atoms with Gasteiger partial charge in [-0.2, -0.15) is 9.61 Å². The Hall–Kier alpha value is -1.01. The Bertz CT molecular complexity index is 415. The fourth-order valence-electron chi connectivity index (χ4n) is 1.08. The third-order valence-electron chi connectivity index (χ3n) is 1.78.